The van der Waals surface area contributed by atoms with Gasteiger partial charge in [0, 0.05) is 26.4 Å². The van der Waals surface area contributed by atoms with E-state index >= 15 is 0 Å². The molecule has 2 heterocycles. The molecule has 2 aliphatic heterocycles. The topological polar surface area (TPSA) is 44.9 Å². The van der Waals surface area contributed by atoms with Crippen molar-refractivity contribution < 1.29 is 33.5 Å². The number of ether oxygens (including phenoxy) is 2. The van der Waals surface area contributed by atoms with E-state index in [1.165, 1.54) is 47.9 Å². The molecule has 0 atom stereocenters. The largest absolute Gasteiger partial charge is 2.00 e. The number of aliphatic imine (C=N–C) groups is 1. The van der Waals surface area contributed by atoms with Gasteiger partial charge < -0.3 is 43.8 Å². The van der Waals surface area contributed by atoms with Crippen molar-refractivity contribution in [2.45, 2.75) is 126 Å². The molecule has 2 aromatic carbocycles. The number of amidine groups is 1. The van der Waals surface area contributed by atoms with Gasteiger partial charge in [0.05, 0.1) is 0 Å². The molecule has 0 aliphatic carbocycles. The van der Waals surface area contributed by atoms with Crippen molar-refractivity contribution in [1.82, 2.24) is 0 Å². The smallest absolute Gasteiger partial charge is 1.00 e. The molecule has 2 fully saturated rings. The van der Waals surface area contributed by atoms with E-state index in [-0.39, 0.29) is 67.1 Å². The molecule has 0 amide bonds. The molecular formula is C37H59CaIN2O2. The van der Waals surface area contributed by atoms with Gasteiger partial charge in [-0.2, -0.15) is 0 Å². The van der Waals surface area contributed by atoms with Gasteiger partial charge in [-0.1, -0.05) is 118 Å². The van der Waals surface area contributed by atoms with Crippen molar-refractivity contribution in [3.8, 4) is 0 Å². The summed E-state index contributed by atoms with van der Waals surface area (Å²) >= 11 is 0. The molecule has 6 heteroatoms. The van der Waals surface area contributed by atoms with Crippen LogP contribution in [0.4, 0.5) is 11.4 Å². The van der Waals surface area contributed by atoms with Crippen molar-refractivity contribution in [3.05, 3.63) is 64.0 Å². The van der Waals surface area contributed by atoms with E-state index in [1.807, 2.05) is 0 Å². The van der Waals surface area contributed by atoms with Gasteiger partial charge in [-0.25, -0.2) is 0 Å². The maximum atomic E-state index is 5.32. The third-order valence-electron chi connectivity index (χ3n) is 7.45. The zero-order valence-corrected chi connectivity index (χ0v) is 33.6. The first-order valence-corrected chi connectivity index (χ1v) is 16.1. The Bertz CT molecular complexity index is 1000. The van der Waals surface area contributed by atoms with Gasteiger partial charge in [0.25, 0.3) is 0 Å². The SMILES string of the molecule is C1CCOC1.C1CCOC1.CC(C)c1cccc(C(C)C)c1N=C([N-]c1c(C(C)C)cccc1C(C)C)C(C)(C)C.[Ca+2].[I-]. The molecule has 2 aromatic rings. The summed E-state index contributed by atoms with van der Waals surface area (Å²) in [5, 5.41) is 5.32. The van der Waals surface area contributed by atoms with Gasteiger partial charge in [-0.05, 0) is 88.4 Å². The number of halogens is 1. The average molecular weight is 731 g/mol. The predicted octanol–water partition coefficient (Wildman–Crippen LogP) is 8.18. The molecule has 0 radical (unpaired) electrons. The zero-order valence-electron chi connectivity index (χ0n) is 29.2. The Balaban J connectivity index is 0.00000123. The standard InChI is InChI=1S/C29H43N2.2C4H8O.Ca.HI/c1-18(2)22-14-12-15-23(19(3)4)26(22)30-28(29(9,10)11)31-27-24(20(5)6)16-13-17-25(27)21(7)8;2*1-2-4-5-3-1;;/h12-21H,1-11H3;2*1-4H2;;1H/q-1;;;+2;/p-1. The summed E-state index contributed by atoms with van der Waals surface area (Å²) in [6.07, 6.45) is 5.11. The van der Waals surface area contributed by atoms with Crippen LogP contribution in [0.2, 0.25) is 0 Å². The van der Waals surface area contributed by atoms with Crippen LogP contribution in [-0.4, -0.2) is 70.0 Å². The fourth-order valence-corrected chi connectivity index (χ4v) is 4.87. The van der Waals surface area contributed by atoms with E-state index in [9.17, 15) is 0 Å². The maximum absolute atomic E-state index is 5.32. The van der Waals surface area contributed by atoms with E-state index in [0.29, 0.717) is 23.7 Å². The second-order valence-corrected chi connectivity index (χ2v) is 13.6. The number of para-hydroxylation sites is 2. The third kappa shape index (κ3) is 14.4. The molecule has 2 saturated heterocycles. The summed E-state index contributed by atoms with van der Waals surface area (Å²) < 4.78 is 9.89. The first-order valence-electron chi connectivity index (χ1n) is 16.1. The molecule has 2 aliphatic rings. The molecule has 0 N–H and O–H groups in total. The van der Waals surface area contributed by atoms with Crippen molar-refractivity contribution in [1.29, 1.82) is 0 Å². The van der Waals surface area contributed by atoms with Gasteiger partial charge in [0.15, 0.2) is 0 Å². The molecule has 238 valence electrons. The second-order valence-electron chi connectivity index (χ2n) is 13.6. The number of benzene rings is 2. The van der Waals surface area contributed by atoms with Gasteiger partial charge in [0.1, 0.15) is 0 Å². The van der Waals surface area contributed by atoms with Crippen LogP contribution in [0.3, 0.4) is 0 Å². The normalized spacial score (nSPS) is 15.0. The van der Waals surface area contributed by atoms with Gasteiger partial charge in [0.2, 0.25) is 0 Å². The molecule has 43 heavy (non-hydrogen) atoms. The van der Waals surface area contributed by atoms with Gasteiger partial charge in [-0.3, -0.25) is 0 Å². The summed E-state index contributed by atoms with van der Waals surface area (Å²) in [6, 6.07) is 13.2. The van der Waals surface area contributed by atoms with Crippen LogP contribution < -0.4 is 24.0 Å². The number of rotatable bonds is 6. The van der Waals surface area contributed by atoms with E-state index < -0.39 is 0 Å². The summed E-state index contributed by atoms with van der Waals surface area (Å²) in [6.45, 7) is 28.6. The Hall–Kier alpha value is -0.180. The number of nitrogens with zero attached hydrogens (tertiary/aromatic N) is 2. The first-order chi connectivity index (χ1) is 19.3. The van der Waals surface area contributed by atoms with Crippen molar-refractivity contribution in [2.75, 3.05) is 26.4 Å². The van der Waals surface area contributed by atoms with Crippen LogP contribution in [0.1, 0.15) is 148 Å². The summed E-state index contributed by atoms with van der Waals surface area (Å²) in [7, 11) is 0. The molecule has 0 aromatic heterocycles. The quantitative estimate of drug-likeness (QED) is 0.130. The summed E-state index contributed by atoms with van der Waals surface area (Å²) in [5.74, 6) is 2.54. The number of hydrogen-bond acceptors (Lipinski definition) is 3. The Kier molecular flexibility index (Phi) is 21.5. The minimum atomic E-state index is -0.170. The van der Waals surface area contributed by atoms with Crippen LogP contribution in [0.25, 0.3) is 5.32 Å². The summed E-state index contributed by atoms with van der Waals surface area (Å²) in [5.41, 5.74) is 7.22. The average Bonchev–Trinajstić information content (AvgIpc) is 3.67. The minimum absolute atomic E-state index is 0. The third-order valence-corrected chi connectivity index (χ3v) is 7.45. The maximum Gasteiger partial charge on any atom is 2.00 e. The Morgan fingerprint density at radius 2 is 0.953 bits per heavy atom. The Labute approximate surface area is 312 Å². The van der Waals surface area contributed by atoms with Crippen LogP contribution >= 0.6 is 0 Å². The first kappa shape index (κ1) is 42.8. The molecular weight excluding hydrogens is 671 g/mol. The van der Waals surface area contributed by atoms with Crippen molar-refractivity contribution in [3.63, 3.8) is 0 Å². The minimum Gasteiger partial charge on any atom is -1.00 e. The Morgan fingerprint density at radius 1 is 0.628 bits per heavy atom. The Morgan fingerprint density at radius 3 is 1.21 bits per heavy atom. The van der Waals surface area contributed by atoms with Gasteiger partial charge in [-0.15, -0.1) is 0 Å². The predicted molar refractivity (Wildman–Crippen MR) is 185 cm³/mol. The van der Waals surface area contributed by atoms with E-state index in [2.05, 4.69) is 113 Å². The van der Waals surface area contributed by atoms with E-state index in [1.54, 1.807) is 0 Å². The summed E-state index contributed by atoms with van der Waals surface area (Å²) in [4.78, 5) is 5.32. The molecule has 0 bridgehead atoms. The van der Waals surface area contributed by atoms with E-state index in [0.717, 1.165) is 43.6 Å². The van der Waals surface area contributed by atoms with Crippen LogP contribution in [0.5, 0.6) is 0 Å². The van der Waals surface area contributed by atoms with Crippen molar-refractivity contribution >= 4 is 54.9 Å². The van der Waals surface area contributed by atoms with Crippen LogP contribution in [0, 0.1) is 5.41 Å². The molecule has 0 saturated carbocycles. The fraction of sp³-hybridized carbons (Fsp3) is 0.649. The van der Waals surface area contributed by atoms with Crippen molar-refractivity contribution in [2.24, 2.45) is 10.4 Å². The van der Waals surface area contributed by atoms with Gasteiger partial charge >= 0.3 is 37.7 Å². The monoisotopic (exact) mass is 730 g/mol. The zero-order chi connectivity index (χ0) is 30.6. The molecule has 0 unspecified atom stereocenters. The molecule has 0 spiro atoms. The number of hydrogen-bond donors (Lipinski definition) is 0. The van der Waals surface area contributed by atoms with Crippen LogP contribution in [0.15, 0.2) is 41.4 Å². The van der Waals surface area contributed by atoms with E-state index in [4.69, 9.17) is 19.8 Å². The molecule has 4 rings (SSSR count). The molecule has 4 nitrogen and oxygen atoms in total. The fourth-order valence-electron chi connectivity index (χ4n) is 4.87. The van der Waals surface area contributed by atoms with Crippen LogP contribution in [-0.2, 0) is 9.47 Å². The second kappa shape index (κ2) is 21.6.